The van der Waals surface area contributed by atoms with Crippen LogP contribution in [0.2, 0.25) is 0 Å². The molecule has 0 aromatic carbocycles. The minimum atomic E-state index is -2.32. The van der Waals surface area contributed by atoms with Crippen molar-refractivity contribution in [1.82, 2.24) is 0 Å². The molecule has 0 aromatic rings. The van der Waals surface area contributed by atoms with Crippen molar-refractivity contribution < 1.29 is 13.6 Å². The lowest BCUT2D eigenvalue weighted by molar-refractivity contribution is -0.123. The predicted octanol–water partition coefficient (Wildman–Crippen LogP) is 0.429. The van der Waals surface area contributed by atoms with E-state index in [9.17, 15) is 8.78 Å². The second-order valence-electron chi connectivity index (χ2n) is 0.588. The van der Waals surface area contributed by atoms with Gasteiger partial charge in [-0.05, 0) is 0 Å². The molecule has 0 aliphatic heterocycles. The predicted molar refractivity (Wildman–Crippen MR) is 14.9 cm³/mol. The van der Waals surface area contributed by atoms with Crippen molar-refractivity contribution >= 4 is 12.0 Å². The minimum absolute atomic E-state index is 2.05. The molecule has 2 nitrogen and oxygen atoms in total. The number of carbonyl (C=O) groups is 1. The Morgan fingerprint density at radius 2 is 1.67 bits per heavy atom. The van der Waals surface area contributed by atoms with Crippen LogP contribution in [0.3, 0.4) is 0 Å². The summed E-state index contributed by atoms with van der Waals surface area (Å²) in [6.45, 7) is 0. The van der Waals surface area contributed by atoms with Gasteiger partial charge in [0, 0.05) is 0 Å². The Hall–Kier alpha value is -0.800. The molecule has 0 fully saturated rings. The van der Waals surface area contributed by atoms with E-state index in [4.69, 9.17) is 10.2 Å². The fourth-order valence-electron chi connectivity index (χ4n) is 0. The average Bonchev–Trinajstić information content (AvgIpc) is 1.36. The van der Waals surface area contributed by atoms with Crippen LogP contribution in [0.15, 0.2) is 0 Å². The van der Waals surface area contributed by atoms with Crippen LogP contribution in [0.4, 0.5) is 8.78 Å². The zero-order valence-corrected chi connectivity index (χ0v) is 2.66. The van der Waals surface area contributed by atoms with Gasteiger partial charge in [-0.1, -0.05) is 0 Å². The zero-order chi connectivity index (χ0) is 5.15. The second kappa shape index (κ2) is 1.59. The van der Waals surface area contributed by atoms with Gasteiger partial charge in [-0.2, -0.15) is 8.78 Å². The molecule has 0 rings (SSSR count). The first-order valence-corrected chi connectivity index (χ1v) is 1.08. The maximum Gasteiger partial charge on any atom is 0.378 e. The van der Waals surface area contributed by atoms with Crippen molar-refractivity contribution in [3.05, 3.63) is 0 Å². The second-order valence-corrected chi connectivity index (χ2v) is 0.588. The summed E-state index contributed by atoms with van der Waals surface area (Å²) in [4.78, 5) is 8.88. The first-order chi connectivity index (χ1) is 2.64. The molecule has 6 heavy (non-hydrogen) atoms. The van der Waals surface area contributed by atoms with Gasteiger partial charge in [-0.15, -0.1) is 0 Å². The largest absolute Gasteiger partial charge is 0.378 e. The lowest BCUT2D eigenvalue weighted by atomic mass is 10.8. The van der Waals surface area contributed by atoms with E-state index in [0.29, 0.717) is 0 Å². The first-order valence-electron chi connectivity index (χ1n) is 1.08. The Morgan fingerprint density at radius 3 is 1.67 bits per heavy atom. The summed E-state index contributed by atoms with van der Waals surface area (Å²) in [5.41, 5.74) is 0. The molecular weight excluding hydrogens is 92.0 g/mol. The van der Waals surface area contributed by atoms with E-state index in [0.717, 1.165) is 0 Å². The van der Waals surface area contributed by atoms with Crippen molar-refractivity contribution in [2.75, 3.05) is 0 Å². The maximum atomic E-state index is 10.7. The molecule has 0 heterocycles. The van der Waals surface area contributed by atoms with Gasteiger partial charge in [0.15, 0.2) is 0 Å². The molecular formula is C2HF2NO. The summed E-state index contributed by atoms with van der Waals surface area (Å²) >= 11 is 0. The van der Waals surface area contributed by atoms with E-state index in [1.54, 1.807) is 0 Å². The van der Waals surface area contributed by atoms with Crippen LogP contribution in [0, 0.1) is 5.41 Å². The van der Waals surface area contributed by atoms with Crippen molar-refractivity contribution in [2.45, 2.75) is 0 Å². The number of carbonyl (C=O) groups excluding carboxylic acids is 1. The third-order valence-corrected chi connectivity index (χ3v) is 0.173. The number of rotatable bonds is 1. The average molecular weight is 93.0 g/mol. The smallest absolute Gasteiger partial charge is 0.268 e. The fraction of sp³-hybridized carbons (Fsp3) is 0. The van der Waals surface area contributed by atoms with Crippen molar-refractivity contribution in [1.29, 1.82) is 5.41 Å². The van der Waals surface area contributed by atoms with Gasteiger partial charge in [0.2, 0.25) is 0 Å². The van der Waals surface area contributed by atoms with E-state index in [-0.39, 0.29) is 0 Å². The van der Waals surface area contributed by atoms with Crippen molar-refractivity contribution in [2.24, 2.45) is 0 Å². The van der Waals surface area contributed by atoms with Gasteiger partial charge < -0.3 is 0 Å². The first kappa shape index (κ1) is 5.20. The summed E-state index contributed by atoms with van der Waals surface area (Å²) in [7, 11) is 0. The third-order valence-electron chi connectivity index (χ3n) is 0.173. The number of nitrogens with one attached hydrogen (secondary N) is 1. The maximum absolute atomic E-state index is 10.7. The van der Waals surface area contributed by atoms with Crippen LogP contribution >= 0.6 is 0 Å². The molecule has 0 spiro atoms. The SMILES string of the molecule is N=C(F)C(=O)F. The Labute approximate surface area is 32.3 Å². The highest BCUT2D eigenvalue weighted by atomic mass is 19.2. The summed E-state index contributed by atoms with van der Waals surface area (Å²) in [6, 6.07) is -2.32. The van der Waals surface area contributed by atoms with Crippen LogP contribution in [-0.4, -0.2) is 12.0 Å². The van der Waals surface area contributed by atoms with Gasteiger partial charge in [0.25, 0.3) is 5.97 Å². The third kappa shape index (κ3) is 1.51. The molecule has 0 bridgehead atoms. The van der Waals surface area contributed by atoms with Crippen molar-refractivity contribution in [3.63, 3.8) is 0 Å². The van der Waals surface area contributed by atoms with Gasteiger partial charge >= 0.3 is 6.04 Å². The Morgan fingerprint density at radius 1 is 1.50 bits per heavy atom. The molecule has 0 unspecified atom stereocenters. The van der Waals surface area contributed by atoms with E-state index in [1.807, 2.05) is 0 Å². The normalized spacial score (nSPS) is 7.67. The summed E-state index contributed by atoms with van der Waals surface area (Å²) in [5, 5.41) is 5.56. The Bertz CT molecular complexity index is 77.5. The molecule has 1 N–H and O–H groups in total. The van der Waals surface area contributed by atoms with Crippen LogP contribution in [0.25, 0.3) is 0 Å². The molecule has 4 heteroatoms. The highest BCUT2D eigenvalue weighted by molar-refractivity contribution is 6.30. The van der Waals surface area contributed by atoms with E-state index in [2.05, 4.69) is 0 Å². The summed E-state index contributed by atoms with van der Waals surface area (Å²) < 4.78 is 21.3. The molecule has 0 aromatic heterocycles. The number of hydrogen-bond acceptors (Lipinski definition) is 2. The zero-order valence-electron chi connectivity index (χ0n) is 2.66. The molecule has 0 saturated carbocycles. The lowest BCUT2D eigenvalue weighted by Gasteiger charge is -1.68. The van der Waals surface area contributed by atoms with Gasteiger partial charge in [0.05, 0.1) is 0 Å². The molecule has 0 saturated heterocycles. The number of halogens is 2. The highest BCUT2D eigenvalue weighted by Crippen LogP contribution is 1.76. The topological polar surface area (TPSA) is 40.9 Å². The highest BCUT2D eigenvalue weighted by Gasteiger charge is 2.01. The van der Waals surface area contributed by atoms with E-state index in [1.165, 1.54) is 0 Å². The summed E-state index contributed by atoms with van der Waals surface area (Å²) in [6.07, 6.45) is 0. The van der Waals surface area contributed by atoms with Crippen LogP contribution in [-0.2, 0) is 4.79 Å². The number of hydrogen-bond donors (Lipinski definition) is 1. The van der Waals surface area contributed by atoms with Crippen LogP contribution in [0.1, 0.15) is 0 Å². The van der Waals surface area contributed by atoms with E-state index >= 15 is 0 Å². The van der Waals surface area contributed by atoms with E-state index < -0.39 is 12.0 Å². The van der Waals surface area contributed by atoms with Gasteiger partial charge in [-0.3, -0.25) is 10.2 Å². The van der Waals surface area contributed by atoms with Crippen LogP contribution in [0.5, 0.6) is 0 Å². The summed E-state index contributed by atoms with van der Waals surface area (Å²) in [5.74, 6) is -2.05. The van der Waals surface area contributed by atoms with Gasteiger partial charge in [0.1, 0.15) is 0 Å². The Balaban J connectivity index is 3.57. The molecule has 0 aliphatic carbocycles. The molecule has 0 aliphatic rings. The van der Waals surface area contributed by atoms with Crippen LogP contribution < -0.4 is 0 Å². The lowest BCUT2D eigenvalue weighted by Crippen LogP contribution is -1.96. The standard InChI is InChI=1S/C2HF2NO/c3-1(5)2(4)6/h5H. The Kier molecular flexibility index (Phi) is 1.38. The minimum Gasteiger partial charge on any atom is -0.268 e. The quantitative estimate of drug-likeness (QED) is 0.370. The molecule has 34 valence electrons. The van der Waals surface area contributed by atoms with Gasteiger partial charge in [-0.25, -0.2) is 0 Å². The molecule has 0 atom stereocenters. The molecule has 0 radical (unpaired) electrons. The fourth-order valence-corrected chi connectivity index (χ4v) is 0. The molecule has 0 amide bonds. The van der Waals surface area contributed by atoms with Crippen molar-refractivity contribution in [3.8, 4) is 0 Å². The monoisotopic (exact) mass is 93.0 g/mol.